The van der Waals surface area contributed by atoms with E-state index in [4.69, 9.17) is 11.3 Å². The van der Waals surface area contributed by atoms with Gasteiger partial charge >= 0.3 is 0 Å². The molecule has 1 unspecified atom stereocenters. The van der Waals surface area contributed by atoms with E-state index < -0.39 is 0 Å². The van der Waals surface area contributed by atoms with Gasteiger partial charge < -0.3 is 9.64 Å². The standard InChI is InChI=1S/C31H32N2O2/c1-32-28-9-5-6-23(20-28)22-35-29-12-13-30-27(21-29)11-10-26(31(30)34)16-19-33-17-14-25(15-18-33)24-7-3-2-4-8-24/h2-9,12-13,20-21,25-26H,10-11,14-19,22H2. The molecule has 5 rings (SSSR count). The SMILES string of the molecule is [C-]#[N+]c1cccc(COc2ccc3c(c2)CCC(CCN2CCC(c4ccccc4)CC2)C3=O)c1. The second-order valence-corrected chi connectivity index (χ2v) is 9.80. The molecule has 0 amide bonds. The van der Waals surface area contributed by atoms with Crippen LogP contribution in [-0.4, -0.2) is 30.3 Å². The molecule has 4 heteroatoms. The smallest absolute Gasteiger partial charge is 0.187 e. The summed E-state index contributed by atoms with van der Waals surface area (Å²) in [6.45, 7) is 10.8. The molecule has 1 aliphatic heterocycles. The Balaban J connectivity index is 1.12. The van der Waals surface area contributed by atoms with Crippen molar-refractivity contribution < 1.29 is 9.53 Å². The zero-order valence-electron chi connectivity index (χ0n) is 20.2. The third-order valence-electron chi connectivity index (χ3n) is 7.57. The molecule has 1 heterocycles. The summed E-state index contributed by atoms with van der Waals surface area (Å²) in [5.74, 6) is 1.87. The average molecular weight is 465 g/mol. The minimum atomic E-state index is 0.123. The van der Waals surface area contributed by atoms with Gasteiger partial charge in [0.05, 0.1) is 6.57 Å². The van der Waals surface area contributed by atoms with Gasteiger partial charge in [-0.3, -0.25) is 4.79 Å². The van der Waals surface area contributed by atoms with Crippen LogP contribution in [0.15, 0.2) is 72.8 Å². The molecule has 0 radical (unpaired) electrons. The summed E-state index contributed by atoms with van der Waals surface area (Å²) in [6.07, 6.45) is 5.20. The molecule has 3 aromatic rings. The summed E-state index contributed by atoms with van der Waals surface area (Å²) in [7, 11) is 0. The Morgan fingerprint density at radius 1 is 0.943 bits per heavy atom. The van der Waals surface area contributed by atoms with Gasteiger partial charge in [0.25, 0.3) is 0 Å². The molecule has 1 aliphatic carbocycles. The summed E-state index contributed by atoms with van der Waals surface area (Å²) < 4.78 is 5.97. The summed E-state index contributed by atoms with van der Waals surface area (Å²) in [6, 6.07) is 24.2. The molecule has 1 atom stereocenters. The van der Waals surface area contributed by atoms with E-state index in [-0.39, 0.29) is 5.92 Å². The van der Waals surface area contributed by atoms with Crippen LogP contribution in [0.25, 0.3) is 4.85 Å². The third kappa shape index (κ3) is 5.63. The summed E-state index contributed by atoms with van der Waals surface area (Å²) in [4.78, 5) is 19.2. The normalized spacial score (nSPS) is 18.6. The number of Topliss-reactive ketones (excluding diaryl/α,β-unsaturated/α-hetero) is 1. The molecule has 0 aromatic heterocycles. The van der Waals surface area contributed by atoms with Gasteiger partial charge in [0.1, 0.15) is 12.4 Å². The minimum absolute atomic E-state index is 0.123. The molecule has 1 fully saturated rings. The van der Waals surface area contributed by atoms with E-state index in [9.17, 15) is 4.79 Å². The zero-order valence-corrected chi connectivity index (χ0v) is 20.2. The molecule has 178 valence electrons. The summed E-state index contributed by atoms with van der Waals surface area (Å²) >= 11 is 0. The van der Waals surface area contributed by atoms with Crippen LogP contribution in [-0.2, 0) is 13.0 Å². The van der Waals surface area contributed by atoms with Gasteiger partial charge in [-0.1, -0.05) is 48.5 Å². The maximum Gasteiger partial charge on any atom is 0.187 e. The van der Waals surface area contributed by atoms with E-state index in [1.807, 2.05) is 36.4 Å². The first-order chi connectivity index (χ1) is 17.2. The number of nitrogens with zero attached hydrogens (tertiary/aromatic N) is 2. The fraction of sp³-hybridized carbons (Fsp3) is 0.355. The van der Waals surface area contributed by atoms with E-state index >= 15 is 0 Å². The van der Waals surface area contributed by atoms with Crippen LogP contribution in [0, 0.1) is 12.5 Å². The number of ether oxygens (including phenoxy) is 1. The van der Waals surface area contributed by atoms with Crippen molar-refractivity contribution >= 4 is 11.5 Å². The van der Waals surface area contributed by atoms with Gasteiger partial charge in [0.15, 0.2) is 11.5 Å². The predicted octanol–water partition coefficient (Wildman–Crippen LogP) is 6.83. The van der Waals surface area contributed by atoms with E-state index in [0.717, 1.165) is 61.3 Å². The first kappa shape index (κ1) is 23.3. The number of fused-ring (bicyclic) bond motifs is 1. The number of rotatable bonds is 7. The van der Waals surface area contributed by atoms with Crippen molar-refractivity contribution in [2.24, 2.45) is 5.92 Å². The fourth-order valence-corrected chi connectivity index (χ4v) is 5.50. The lowest BCUT2D eigenvalue weighted by atomic mass is 9.80. The Kier molecular flexibility index (Phi) is 7.25. The van der Waals surface area contributed by atoms with Gasteiger partial charge in [0, 0.05) is 11.5 Å². The predicted molar refractivity (Wildman–Crippen MR) is 139 cm³/mol. The molecular formula is C31H32N2O2. The van der Waals surface area contributed by atoms with Crippen LogP contribution in [0.1, 0.15) is 58.6 Å². The maximum atomic E-state index is 13.2. The number of carbonyl (C=O) groups excluding carboxylic acids is 1. The molecule has 1 saturated heterocycles. The average Bonchev–Trinajstić information content (AvgIpc) is 2.92. The van der Waals surface area contributed by atoms with Crippen LogP contribution in [0.5, 0.6) is 5.75 Å². The highest BCUT2D eigenvalue weighted by Gasteiger charge is 2.29. The lowest BCUT2D eigenvalue weighted by Gasteiger charge is -2.33. The van der Waals surface area contributed by atoms with E-state index in [0.29, 0.717) is 24.0 Å². The Bertz CT molecular complexity index is 1210. The van der Waals surface area contributed by atoms with E-state index in [1.165, 1.54) is 18.4 Å². The number of aryl methyl sites for hydroxylation is 1. The van der Waals surface area contributed by atoms with Crippen molar-refractivity contribution in [1.82, 2.24) is 4.90 Å². The quantitative estimate of drug-likeness (QED) is 0.359. The third-order valence-corrected chi connectivity index (χ3v) is 7.57. The first-order valence-electron chi connectivity index (χ1n) is 12.7. The Labute approximate surface area is 208 Å². The number of ketones is 1. The van der Waals surface area contributed by atoms with Crippen LogP contribution < -0.4 is 4.74 Å². The molecule has 2 aliphatic rings. The second kappa shape index (κ2) is 10.9. The minimum Gasteiger partial charge on any atom is -0.489 e. The summed E-state index contributed by atoms with van der Waals surface area (Å²) in [5, 5.41) is 0. The molecule has 0 bridgehead atoms. The molecule has 0 saturated carbocycles. The fourth-order valence-electron chi connectivity index (χ4n) is 5.50. The Hall–Kier alpha value is -3.42. The lowest BCUT2D eigenvalue weighted by Crippen LogP contribution is -2.35. The topological polar surface area (TPSA) is 33.9 Å². The molecule has 0 N–H and O–H groups in total. The number of hydrogen-bond donors (Lipinski definition) is 0. The number of benzene rings is 3. The van der Waals surface area contributed by atoms with Gasteiger partial charge in [0.2, 0.25) is 0 Å². The first-order valence-corrected chi connectivity index (χ1v) is 12.7. The highest BCUT2D eigenvalue weighted by Crippen LogP contribution is 2.32. The largest absolute Gasteiger partial charge is 0.489 e. The molecule has 3 aromatic carbocycles. The van der Waals surface area contributed by atoms with Crippen LogP contribution in [0.3, 0.4) is 0 Å². The van der Waals surface area contributed by atoms with Gasteiger partial charge in [-0.2, -0.15) is 0 Å². The van der Waals surface area contributed by atoms with Crippen molar-refractivity contribution in [2.45, 2.75) is 44.6 Å². The Morgan fingerprint density at radius 2 is 1.77 bits per heavy atom. The number of piperidine rings is 1. The summed E-state index contributed by atoms with van der Waals surface area (Å²) in [5.41, 5.74) is 5.02. The molecule has 4 nitrogen and oxygen atoms in total. The van der Waals surface area contributed by atoms with Crippen LogP contribution in [0.2, 0.25) is 0 Å². The van der Waals surface area contributed by atoms with Crippen LogP contribution in [0.4, 0.5) is 5.69 Å². The highest BCUT2D eigenvalue weighted by atomic mass is 16.5. The molecular weight excluding hydrogens is 432 g/mol. The van der Waals surface area contributed by atoms with Crippen LogP contribution >= 0.6 is 0 Å². The van der Waals surface area contributed by atoms with Crippen molar-refractivity contribution in [1.29, 1.82) is 0 Å². The number of carbonyl (C=O) groups is 1. The maximum absolute atomic E-state index is 13.2. The van der Waals surface area contributed by atoms with Gasteiger partial charge in [-0.25, -0.2) is 4.85 Å². The number of hydrogen-bond acceptors (Lipinski definition) is 3. The lowest BCUT2D eigenvalue weighted by molar-refractivity contribution is 0.0877. The monoisotopic (exact) mass is 464 g/mol. The molecule has 0 spiro atoms. The van der Waals surface area contributed by atoms with E-state index in [2.05, 4.69) is 40.1 Å². The van der Waals surface area contributed by atoms with Crippen molar-refractivity contribution in [3.05, 3.63) is 106 Å². The van der Waals surface area contributed by atoms with Gasteiger partial charge in [-0.05, 0) is 98.6 Å². The van der Waals surface area contributed by atoms with Crippen molar-refractivity contribution in [3.63, 3.8) is 0 Å². The van der Waals surface area contributed by atoms with E-state index in [1.54, 1.807) is 6.07 Å². The van der Waals surface area contributed by atoms with Crippen molar-refractivity contribution in [3.8, 4) is 5.75 Å². The zero-order chi connectivity index (χ0) is 24.0. The molecule has 35 heavy (non-hydrogen) atoms. The Morgan fingerprint density at radius 3 is 2.57 bits per heavy atom. The highest BCUT2D eigenvalue weighted by molar-refractivity contribution is 6.00. The second-order valence-electron chi connectivity index (χ2n) is 9.80. The van der Waals surface area contributed by atoms with Crippen molar-refractivity contribution in [2.75, 3.05) is 19.6 Å². The van der Waals surface area contributed by atoms with Gasteiger partial charge in [-0.15, -0.1) is 0 Å². The number of likely N-dealkylation sites (tertiary alicyclic amines) is 1.